The molecule has 2 atom stereocenters. The van der Waals surface area contributed by atoms with Crippen molar-refractivity contribution in [3.63, 3.8) is 0 Å². The zero-order valence-corrected chi connectivity index (χ0v) is 11.1. The molecule has 1 saturated carbocycles. The zero-order valence-electron chi connectivity index (χ0n) is 11.1. The van der Waals surface area contributed by atoms with E-state index >= 15 is 0 Å². The van der Waals surface area contributed by atoms with E-state index in [1.54, 1.807) is 0 Å². The molecule has 3 rings (SSSR count). The normalized spacial score (nSPS) is 21.5. The molecule has 1 amide bonds. The van der Waals surface area contributed by atoms with E-state index in [1.807, 2.05) is 24.3 Å². The molecule has 1 heterocycles. The number of aryl methyl sites for hydroxylation is 1. The summed E-state index contributed by atoms with van der Waals surface area (Å²) in [6.07, 6.45) is 2.84. The summed E-state index contributed by atoms with van der Waals surface area (Å²) >= 11 is 0. The highest BCUT2D eigenvalue weighted by atomic mass is 16.2. The Morgan fingerprint density at radius 2 is 2.26 bits per heavy atom. The molecule has 0 bridgehead atoms. The largest absolute Gasteiger partial charge is 0.356 e. The van der Waals surface area contributed by atoms with Crippen molar-refractivity contribution >= 4 is 16.9 Å². The van der Waals surface area contributed by atoms with Crippen LogP contribution in [0.15, 0.2) is 24.3 Å². The predicted molar refractivity (Wildman–Crippen MR) is 74.7 cm³/mol. The van der Waals surface area contributed by atoms with Crippen LogP contribution in [0, 0.1) is 11.8 Å². The number of carbonyl (C=O) groups excluding carboxylic acids is 1. The maximum absolute atomic E-state index is 11.6. The van der Waals surface area contributed by atoms with E-state index in [9.17, 15) is 4.79 Å². The Balaban J connectivity index is 1.45. The molecule has 0 saturated heterocycles. The fraction of sp³-hybridized carbons (Fsp3) is 0.467. The van der Waals surface area contributed by atoms with E-state index in [2.05, 4.69) is 22.2 Å². The number of carbonyl (C=O) groups is 1. The molecule has 100 valence electrons. The van der Waals surface area contributed by atoms with Crippen LogP contribution in [-0.4, -0.2) is 22.4 Å². The molecule has 2 N–H and O–H groups in total. The van der Waals surface area contributed by atoms with Gasteiger partial charge in [-0.05, 0) is 30.9 Å². The van der Waals surface area contributed by atoms with Gasteiger partial charge in [0, 0.05) is 18.9 Å². The lowest BCUT2D eigenvalue weighted by atomic mass is 10.2. The van der Waals surface area contributed by atoms with Crippen molar-refractivity contribution in [2.75, 3.05) is 6.54 Å². The first kappa shape index (κ1) is 12.2. The number of aromatic nitrogens is 2. The predicted octanol–water partition coefficient (Wildman–Crippen LogP) is 2.27. The van der Waals surface area contributed by atoms with Crippen molar-refractivity contribution < 1.29 is 4.79 Å². The molecule has 0 unspecified atom stereocenters. The Morgan fingerprint density at radius 1 is 1.47 bits per heavy atom. The second-order valence-corrected chi connectivity index (χ2v) is 5.41. The second-order valence-electron chi connectivity index (χ2n) is 5.41. The number of benzene rings is 1. The fourth-order valence-electron chi connectivity index (χ4n) is 2.41. The van der Waals surface area contributed by atoms with Gasteiger partial charge < -0.3 is 10.3 Å². The number of hydrogen-bond donors (Lipinski definition) is 2. The lowest BCUT2D eigenvalue weighted by Crippen LogP contribution is -2.26. The lowest BCUT2D eigenvalue weighted by molar-refractivity contribution is -0.122. The van der Waals surface area contributed by atoms with Gasteiger partial charge in [-0.3, -0.25) is 4.79 Å². The Hall–Kier alpha value is -1.84. The molecule has 1 aliphatic rings. The van der Waals surface area contributed by atoms with Crippen LogP contribution in [0.1, 0.15) is 25.6 Å². The SMILES string of the molecule is C[C@H]1C[C@H]1C(=O)NCCCc1nc2ccccc2[nH]1. The van der Waals surface area contributed by atoms with Gasteiger partial charge in [0.25, 0.3) is 0 Å². The summed E-state index contributed by atoms with van der Waals surface area (Å²) in [5.41, 5.74) is 2.08. The first-order valence-corrected chi connectivity index (χ1v) is 6.95. The van der Waals surface area contributed by atoms with Crippen molar-refractivity contribution in [2.45, 2.75) is 26.2 Å². The summed E-state index contributed by atoms with van der Waals surface area (Å²) in [5.74, 6) is 2.06. The van der Waals surface area contributed by atoms with E-state index in [1.165, 1.54) is 0 Å². The van der Waals surface area contributed by atoms with Gasteiger partial charge in [-0.1, -0.05) is 19.1 Å². The number of nitrogens with zero attached hydrogens (tertiary/aromatic N) is 1. The minimum absolute atomic E-state index is 0.220. The minimum Gasteiger partial charge on any atom is -0.356 e. The van der Waals surface area contributed by atoms with Crippen molar-refractivity contribution in [3.05, 3.63) is 30.1 Å². The number of fused-ring (bicyclic) bond motifs is 1. The average Bonchev–Trinajstić information content (AvgIpc) is 3.00. The van der Waals surface area contributed by atoms with Gasteiger partial charge in [0.1, 0.15) is 5.82 Å². The van der Waals surface area contributed by atoms with Crippen LogP contribution >= 0.6 is 0 Å². The molecule has 1 aromatic carbocycles. The number of rotatable bonds is 5. The molecule has 0 spiro atoms. The van der Waals surface area contributed by atoms with E-state index in [4.69, 9.17) is 0 Å². The van der Waals surface area contributed by atoms with Gasteiger partial charge in [-0.2, -0.15) is 0 Å². The summed E-state index contributed by atoms with van der Waals surface area (Å²) in [5, 5.41) is 3.00. The standard InChI is InChI=1S/C15H19N3O/c1-10-9-11(10)15(19)16-8-4-7-14-17-12-5-2-3-6-13(12)18-14/h2-3,5-6,10-11H,4,7-9H2,1H3,(H,16,19)(H,17,18)/t10-,11+/m0/s1. The first-order valence-electron chi connectivity index (χ1n) is 6.95. The van der Waals surface area contributed by atoms with Gasteiger partial charge in [0.05, 0.1) is 11.0 Å². The molecule has 4 heteroatoms. The van der Waals surface area contributed by atoms with Crippen molar-refractivity contribution in [3.8, 4) is 0 Å². The molecule has 1 aromatic heterocycles. The van der Waals surface area contributed by atoms with E-state index in [-0.39, 0.29) is 11.8 Å². The third-order valence-electron chi connectivity index (χ3n) is 3.77. The maximum Gasteiger partial charge on any atom is 0.223 e. The topological polar surface area (TPSA) is 57.8 Å². The summed E-state index contributed by atoms with van der Waals surface area (Å²) < 4.78 is 0. The van der Waals surface area contributed by atoms with Crippen LogP contribution < -0.4 is 5.32 Å². The van der Waals surface area contributed by atoms with E-state index in [0.29, 0.717) is 5.92 Å². The molecule has 0 aliphatic heterocycles. The van der Waals surface area contributed by atoms with Gasteiger partial charge >= 0.3 is 0 Å². The Morgan fingerprint density at radius 3 is 3.00 bits per heavy atom. The monoisotopic (exact) mass is 257 g/mol. The van der Waals surface area contributed by atoms with Crippen LogP contribution in [0.2, 0.25) is 0 Å². The molecule has 0 radical (unpaired) electrons. The third-order valence-corrected chi connectivity index (χ3v) is 3.77. The fourth-order valence-corrected chi connectivity index (χ4v) is 2.41. The van der Waals surface area contributed by atoms with Gasteiger partial charge in [0.2, 0.25) is 5.91 Å². The van der Waals surface area contributed by atoms with E-state index < -0.39 is 0 Å². The van der Waals surface area contributed by atoms with Gasteiger partial charge in [0.15, 0.2) is 0 Å². The van der Waals surface area contributed by atoms with Crippen LogP contribution in [0.4, 0.5) is 0 Å². The highest BCUT2D eigenvalue weighted by Crippen LogP contribution is 2.37. The first-order chi connectivity index (χ1) is 9.24. The van der Waals surface area contributed by atoms with Crippen molar-refractivity contribution in [1.82, 2.24) is 15.3 Å². The average molecular weight is 257 g/mol. The summed E-state index contributed by atoms with van der Waals surface area (Å²) in [6.45, 7) is 2.86. The number of amides is 1. The minimum atomic E-state index is 0.220. The Bertz CT molecular complexity index is 557. The number of imidazole rings is 1. The van der Waals surface area contributed by atoms with Gasteiger partial charge in [-0.15, -0.1) is 0 Å². The van der Waals surface area contributed by atoms with Gasteiger partial charge in [-0.25, -0.2) is 4.98 Å². The molecule has 1 aliphatic carbocycles. The highest BCUT2D eigenvalue weighted by molar-refractivity contribution is 5.81. The summed E-state index contributed by atoms with van der Waals surface area (Å²) in [6, 6.07) is 8.03. The molecule has 1 fully saturated rings. The van der Waals surface area contributed by atoms with Crippen LogP contribution in [0.5, 0.6) is 0 Å². The second kappa shape index (κ2) is 5.03. The zero-order chi connectivity index (χ0) is 13.2. The number of hydrogen-bond acceptors (Lipinski definition) is 2. The Kier molecular flexibility index (Phi) is 3.23. The summed E-state index contributed by atoms with van der Waals surface area (Å²) in [7, 11) is 0. The van der Waals surface area contributed by atoms with Crippen LogP contribution in [-0.2, 0) is 11.2 Å². The highest BCUT2D eigenvalue weighted by Gasteiger charge is 2.38. The molecule has 2 aromatic rings. The number of H-pyrrole nitrogens is 1. The third kappa shape index (κ3) is 2.78. The number of aromatic amines is 1. The quantitative estimate of drug-likeness (QED) is 0.807. The van der Waals surface area contributed by atoms with Crippen LogP contribution in [0.3, 0.4) is 0 Å². The smallest absolute Gasteiger partial charge is 0.223 e. The molecular formula is C15H19N3O. The van der Waals surface area contributed by atoms with Crippen molar-refractivity contribution in [2.24, 2.45) is 11.8 Å². The number of para-hydroxylation sites is 2. The maximum atomic E-state index is 11.6. The molecular weight excluding hydrogens is 238 g/mol. The summed E-state index contributed by atoms with van der Waals surface area (Å²) in [4.78, 5) is 19.5. The number of nitrogens with one attached hydrogen (secondary N) is 2. The van der Waals surface area contributed by atoms with E-state index in [0.717, 1.165) is 42.7 Å². The lowest BCUT2D eigenvalue weighted by Gasteiger charge is -2.02. The Labute approximate surface area is 112 Å². The molecule has 4 nitrogen and oxygen atoms in total. The van der Waals surface area contributed by atoms with Crippen molar-refractivity contribution in [1.29, 1.82) is 0 Å². The molecule has 19 heavy (non-hydrogen) atoms. The van der Waals surface area contributed by atoms with Crippen LogP contribution in [0.25, 0.3) is 11.0 Å².